The van der Waals surface area contributed by atoms with Crippen LogP contribution in [0.15, 0.2) is 6.20 Å². The molecule has 0 amide bonds. The summed E-state index contributed by atoms with van der Waals surface area (Å²) in [5, 5.41) is 3.73. The summed E-state index contributed by atoms with van der Waals surface area (Å²) < 4.78 is 2.43. The Bertz CT molecular complexity index is 455. The molecular formula is C17H29N3. The van der Waals surface area contributed by atoms with Gasteiger partial charge in [-0.15, -0.1) is 0 Å². The fourth-order valence-corrected chi connectivity index (χ4v) is 3.97. The second kappa shape index (κ2) is 5.42. The van der Waals surface area contributed by atoms with Gasteiger partial charge in [-0.05, 0) is 44.4 Å². The van der Waals surface area contributed by atoms with Gasteiger partial charge in [-0.3, -0.25) is 0 Å². The van der Waals surface area contributed by atoms with Gasteiger partial charge in [-0.2, -0.15) is 0 Å². The van der Waals surface area contributed by atoms with E-state index in [0.29, 0.717) is 17.5 Å². The van der Waals surface area contributed by atoms with Crippen LogP contribution in [0.25, 0.3) is 0 Å². The molecule has 1 N–H and O–H groups in total. The van der Waals surface area contributed by atoms with Gasteiger partial charge in [0.2, 0.25) is 5.95 Å². The van der Waals surface area contributed by atoms with E-state index in [4.69, 9.17) is 4.98 Å². The van der Waals surface area contributed by atoms with E-state index in [9.17, 15) is 0 Å². The van der Waals surface area contributed by atoms with Crippen molar-refractivity contribution >= 4 is 5.95 Å². The molecule has 3 nitrogen and oxygen atoms in total. The third-order valence-electron chi connectivity index (χ3n) is 5.13. The lowest BCUT2D eigenvalue weighted by atomic mass is 9.92. The number of hydrogen-bond acceptors (Lipinski definition) is 2. The standard InChI is InChI=1S/C17H29N3/c1-13-12-20(15-9-10-17(2,3)11-15)16(18-13)19-14-7-5-4-6-8-14/h12,14-15H,4-11H2,1-3H3,(H,18,19). The number of anilines is 1. The molecule has 2 aliphatic rings. The summed E-state index contributed by atoms with van der Waals surface area (Å²) >= 11 is 0. The van der Waals surface area contributed by atoms with Crippen LogP contribution in [0.4, 0.5) is 5.95 Å². The van der Waals surface area contributed by atoms with Crippen LogP contribution in [0.5, 0.6) is 0 Å². The first-order valence-corrected chi connectivity index (χ1v) is 8.35. The lowest BCUT2D eigenvalue weighted by molar-refractivity contribution is 0.359. The molecule has 2 aliphatic carbocycles. The molecule has 112 valence electrons. The molecule has 1 unspecified atom stereocenters. The zero-order valence-electron chi connectivity index (χ0n) is 13.3. The highest BCUT2D eigenvalue weighted by Crippen LogP contribution is 2.44. The van der Waals surface area contributed by atoms with E-state index in [-0.39, 0.29) is 0 Å². The number of rotatable bonds is 3. The Hall–Kier alpha value is -0.990. The van der Waals surface area contributed by atoms with Crippen molar-refractivity contribution in [2.45, 2.75) is 84.2 Å². The first-order valence-electron chi connectivity index (χ1n) is 8.35. The Balaban J connectivity index is 1.74. The molecule has 2 saturated carbocycles. The SMILES string of the molecule is Cc1cn(C2CCC(C)(C)C2)c(NC2CCCCC2)n1. The molecule has 2 fully saturated rings. The zero-order valence-corrected chi connectivity index (χ0v) is 13.3. The van der Waals surface area contributed by atoms with Crippen molar-refractivity contribution in [2.75, 3.05) is 5.32 Å². The number of nitrogens with zero attached hydrogens (tertiary/aromatic N) is 2. The van der Waals surface area contributed by atoms with Gasteiger partial charge in [-0.25, -0.2) is 4.98 Å². The van der Waals surface area contributed by atoms with Crippen molar-refractivity contribution < 1.29 is 0 Å². The van der Waals surface area contributed by atoms with E-state index in [2.05, 4.69) is 36.9 Å². The molecule has 20 heavy (non-hydrogen) atoms. The van der Waals surface area contributed by atoms with Crippen LogP contribution < -0.4 is 5.32 Å². The molecular weight excluding hydrogens is 246 g/mol. The Morgan fingerprint density at radius 3 is 2.60 bits per heavy atom. The minimum atomic E-state index is 0.491. The summed E-state index contributed by atoms with van der Waals surface area (Å²) in [6.07, 6.45) is 12.9. The second-order valence-electron chi connectivity index (χ2n) is 7.65. The number of aryl methyl sites for hydroxylation is 1. The molecule has 1 aromatic rings. The first kappa shape index (κ1) is 14.0. The largest absolute Gasteiger partial charge is 0.353 e. The van der Waals surface area contributed by atoms with Gasteiger partial charge in [0.15, 0.2) is 0 Å². The molecule has 3 rings (SSSR count). The predicted molar refractivity (Wildman–Crippen MR) is 84.1 cm³/mol. The van der Waals surface area contributed by atoms with E-state index < -0.39 is 0 Å². The fraction of sp³-hybridized carbons (Fsp3) is 0.824. The number of imidazole rings is 1. The third-order valence-corrected chi connectivity index (χ3v) is 5.13. The Kier molecular flexibility index (Phi) is 3.78. The topological polar surface area (TPSA) is 29.9 Å². The van der Waals surface area contributed by atoms with E-state index in [0.717, 1.165) is 11.6 Å². The Morgan fingerprint density at radius 1 is 1.20 bits per heavy atom. The van der Waals surface area contributed by atoms with Crippen LogP contribution in [0.3, 0.4) is 0 Å². The normalized spacial score (nSPS) is 26.9. The quantitative estimate of drug-likeness (QED) is 0.867. The maximum atomic E-state index is 4.75. The van der Waals surface area contributed by atoms with Crippen molar-refractivity contribution in [3.8, 4) is 0 Å². The summed E-state index contributed by atoms with van der Waals surface area (Å²) in [5.74, 6) is 1.12. The Labute approximate surface area is 123 Å². The van der Waals surface area contributed by atoms with Gasteiger partial charge in [0.25, 0.3) is 0 Å². The van der Waals surface area contributed by atoms with Gasteiger partial charge in [-0.1, -0.05) is 33.1 Å². The molecule has 1 heterocycles. The number of aromatic nitrogens is 2. The highest BCUT2D eigenvalue weighted by molar-refractivity contribution is 5.31. The Morgan fingerprint density at radius 2 is 1.95 bits per heavy atom. The van der Waals surface area contributed by atoms with Crippen molar-refractivity contribution in [2.24, 2.45) is 5.41 Å². The van der Waals surface area contributed by atoms with Crippen molar-refractivity contribution in [3.05, 3.63) is 11.9 Å². The van der Waals surface area contributed by atoms with E-state index in [1.807, 2.05) is 0 Å². The highest BCUT2D eigenvalue weighted by Gasteiger charge is 2.33. The summed E-state index contributed by atoms with van der Waals surface area (Å²) in [6, 6.07) is 1.27. The molecule has 1 atom stereocenters. The summed E-state index contributed by atoms with van der Waals surface area (Å²) in [7, 11) is 0. The molecule has 0 spiro atoms. The van der Waals surface area contributed by atoms with Gasteiger partial charge in [0.1, 0.15) is 0 Å². The van der Waals surface area contributed by atoms with Crippen LogP contribution in [0.1, 0.15) is 76.9 Å². The fourth-order valence-electron chi connectivity index (χ4n) is 3.97. The highest BCUT2D eigenvalue weighted by atomic mass is 15.2. The first-order chi connectivity index (χ1) is 9.53. The van der Waals surface area contributed by atoms with E-state index in [1.165, 1.54) is 51.4 Å². The molecule has 0 aromatic carbocycles. The average molecular weight is 275 g/mol. The predicted octanol–water partition coefficient (Wildman–Crippen LogP) is 4.69. The van der Waals surface area contributed by atoms with E-state index in [1.54, 1.807) is 0 Å². The average Bonchev–Trinajstić information content (AvgIpc) is 2.93. The van der Waals surface area contributed by atoms with Crippen LogP contribution in [-0.2, 0) is 0 Å². The van der Waals surface area contributed by atoms with Crippen LogP contribution in [0.2, 0.25) is 0 Å². The van der Waals surface area contributed by atoms with Crippen molar-refractivity contribution in [3.63, 3.8) is 0 Å². The second-order valence-corrected chi connectivity index (χ2v) is 7.65. The third kappa shape index (κ3) is 3.02. The maximum Gasteiger partial charge on any atom is 0.203 e. The number of nitrogens with one attached hydrogen (secondary N) is 1. The van der Waals surface area contributed by atoms with E-state index >= 15 is 0 Å². The monoisotopic (exact) mass is 275 g/mol. The van der Waals surface area contributed by atoms with Gasteiger partial charge in [0.05, 0.1) is 5.69 Å². The molecule has 0 bridgehead atoms. The summed E-state index contributed by atoms with van der Waals surface area (Å²) in [6.45, 7) is 6.90. The minimum absolute atomic E-state index is 0.491. The van der Waals surface area contributed by atoms with Gasteiger partial charge < -0.3 is 9.88 Å². The van der Waals surface area contributed by atoms with Crippen LogP contribution in [-0.4, -0.2) is 15.6 Å². The minimum Gasteiger partial charge on any atom is -0.353 e. The molecule has 0 radical (unpaired) electrons. The van der Waals surface area contributed by atoms with Crippen LogP contribution >= 0.6 is 0 Å². The molecule has 1 aromatic heterocycles. The molecule has 3 heteroatoms. The zero-order chi connectivity index (χ0) is 14.2. The van der Waals surface area contributed by atoms with Gasteiger partial charge >= 0.3 is 0 Å². The summed E-state index contributed by atoms with van der Waals surface area (Å²) in [4.78, 5) is 4.75. The molecule has 0 saturated heterocycles. The van der Waals surface area contributed by atoms with Crippen LogP contribution in [0, 0.1) is 12.3 Å². The smallest absolute Gasteiger partial charge is 0.203 e. The van der Waals surface area contributed by atoms with Gasteiger partial charge in [0, 0.05) is 18.3 Å². The van der Waals surface area contributed by atoms with Crippen molar-refractivity contribution in [1.29, 1.82) is 0 Å². The van der Waals surface area contributed by atoms with Crippen molar-refractivity contribution in [1.82, 2.24) is 9.55 Å². The number of hydrogen-bond donors (Lipinski definition) is 1. The lowest BCUT2D eigenvalue weighted by Crippen LogP contribution is -2.25. The summed E-state index contributed by atoms with van der Waals surface area (Å²) in [5.41, 5.74) is 1.64. The maximum absolute atomic E-state index is 4.75. The lowest BCUT2D eigenvalue weighted by Gasteiger charge is -2.25. The molecule has 0 aliphatic heterocycles.